The van der Waals surface area contributed by atoms with E-state index in [-0.39, 0.29) is 5.69 Å². The number of halogens is 3. The van der Waals surface area contributed by atoms with Crippen LogP contribution in [0.3, 0.4) is 0 Å². The first-order valence-corrected chi connectivity index (χ1v) is 15.4. The predicted molar refractivity (Wildman–Crippen MR) is 181 cm³/mol. The standard InChI is InChI=1S/C36H35F3N6O3/c1-21(27-15-17-40-31-13-9-24(43(3)4)19-29(27)31)35(22(2)28-16-18-41-32-14-10-25(44(5)6)20-30(28)32)33(46)45(34(47)42-35)23-7-11-26(12-8-23)48-36(37,38)39/h7-22H,1-6H3,(H,42,47). The fourth-order valence-electron chi connectivity index (χ4n) is 6.67. The number of fused-ring (bicyclic) bond motifs is 2. The lowest BCUT2D eigenvalue weighted by Crippen LogP contribution is -2.55. The van der Waals surface area contributed by atoms with Gasteiger partial charge in [-0.1, -0.05) is 13.8 Å². The van der Waals surface area contributed by atoms with E-state index in [1.54, 1.807) is 12.4 Å². The maximum atomic E-state index is 15.0. The lowest BCUT2D eigenvalue weighted by Gasteiger charge is -2.39. The fourth-order valence-corrected chi connectivity index (χ4v) is 6.67. The van der Waals surface area contributed by atoms with Crippen molar-refractivity contribution in [3.8, 4) is 5.75 Å². The second-order valence-corrected chi connectivity index (χ2v) is 12.4. The molecule has 0 radical (unpaired) electrons. The number of carbonyl (C=O) groups is 2. The van der Waals surface area contributed by atoms with Gasteiger partial charge in [0, 0.05) is 74.6 Å². The molecule has 1 N–H and O–H groups in total. The molecule has 12 heteroatoms. The maximum absolute atomic E-state index is 15.0. The molecule has 2 unspecified atom stereocenters. The second kappa shape index (κ2) is 12.0. The Morgan fingerprint density at radius 3 is 1.67 bits per heavy atom. The van der Waals surface area contributed by atoms with E-state index in [0.29, 0.717) is 0 Å². The van der Waals surface area contributed by atoms with Crippen molar-refractivity contribution in [3.63, 3.8) is 0 Å². The van der Waals surface area contributed by atoms with Crippen LogP contribution in [0.25, 0.3) is 21.8 Å². The maximum Gasteiger partial charge on any atom is 0.573 e. The average Bonchev–Trinajstić information content (AvgIpc) is 3.32. The highest BCUT2D eigenvalue weighted by Crippen LogP contribution is 2.47. The van der Waals surface area contributed by atoms with Crippen molar-refractivity contribution in [2.45, 2.75) is 37.6 Å². The molecule has 0 spiro atoms. The summed E-state index contributed by atoms with van der Waals surface area (Å²) in [5, 5.41) is 4.73. The van der Waals surface area contributed by atoms with Gasteiger partial charge in [0.2, 0.25) is 0 Å². The molecule has 248 valence electrons. The summed E-state index contributed by atoms with van der Waals surface area (Å²) in [6.07, 6.45) is -1.52. The van der Waals surface area contributed by atoms with Crippen molar-refractivity contribution >= 4 is 50.8 Å². The number of urea groups is 1. The largest absolute Gasteiger partial charge is 0.573 e. The normalized spacial score (nSPS) is 17.8. The lowest BCUT2D eigenvalue weighted by atomic mass is 9.68. The van der Waals surface area contributed by atoms with Gasteiger partial charge in [-0.25, -0.2) is 9.69 Å². The van der Waals surface area contributed by atoms with E-state index in [0.717, 1.165) is 61.3 Å². The summed E-state index contributed by atoms with van der Waals surface area (Å²) in [5.74, 6) is -2.22. The van der Waals surface area contributed by atoms with Crippen LogP contribution >= 0.6 is 0 Å². The van der Waals surface area contributed by atoms with Gasteiger partial charge in [-0.3, -0.25) is 14.8 Å². The van der Waals surface area contributed by atoms with Gasteiger partial charge < -0.3 is 19.9 Å². The average molecular weight is 657 g/mol. The molecule has 2 aromatic heterocycles. The summed E-state index contributed by atoms with van der Waals surface area (Å²) < 4.78 is 42.6. The van der Waals surface area contributed by atoms with Gasteiger partial charge in [0.15, 0.2) is 0 Å². The fraction of sp³-hybridized carbons (Fsp3) is 0.278. The molecule has 2 atom stereocenters. The van der Waals surface area contributed by atoms with Crippen LogP contribution in [0.4, 0.5) is 35.0 Å². The summed E-state index contributed by atoms with van der Waals surface area (Å²) in [6, 6.07) is 19.5. The SMILES string of the molecule is CC(c1ccnc2ccc(N(C)C)cc12)C1(C(C)c2ccnc3ccc(N(C)C)cc23)NC(=O)N(c2ccc(OC(F)(F)F)cc2)C1=O. The molecule has 6 rings (SSSR count). The minimum absolute atomic E-state index is 0.109. The van der Waals surface area contributed by atoms with Gasteiger partial charge >= 0.3 is 12.4 Å². The Morgan fingerprint density at radius 2 is 1.23 bits per heavy atom. The number of aromatic nitrogens is 2. The number of imide groups is 1. The lowest BCUT2D eigenvalue weighted by molar-refractivity contribution is -0.274. The van der Waals surface area contributed by atoms with E-state index in [4.69, 9.17) is 0 Å². The van der Waals surface area contributed by atoms with Gasteiger partial charge in [0.1, 0.15) is 11.3 Å². The quantitative estimate of drug-likeness (QED) is 0.177. The van der Waals surface area contributed by atoms with Crippen molar-refractivity contribution < 1.29 is 27.5 Å². The highest BCUT2D eigenvalue weighted by Gasteiger charge is 2.59. The molecule has 3 amide bonds. The number of pyridine rings is 2. The van der Waals surface area contributed by atoms with Crippen molar-refractivity contribution in [3.05, 3.63) is 96.3 Å². The molecular weight excluding hydrogens is 621 g/mol. The first-order chi connectivity index (χ1) is 22.7. The van der Waals surface area contributed by atoms with Gasteiger partial charge in [-0.15, -0.1) is 13.2 Å². The Bertz CT molecular complexity index is 1930. The number of ether oxygens (including phenoxy) is 1. The van der Waals surface area contributed by atoms with Crippen LogP contribution in [-0.4, -0.2) is 62.0 Å². The van der Waals surface area contributed by atoms with Crippen LogP contribution in [0.5, 0.6) is 5.75 Å². The number of anilines is 3. The third-order valence-electron chi connectivity index (χ3n) is 9.25. The number of hydrogen-bond donors (Lipinski definition) is 1. The number of carbonyl (C=O) groups excluding carboxylic acids is 2. The molecule has 3 aromatic carbocycles. The predicted octanol–water partition coefficient (Wildman–Crippen LogP) is 7.22. The second-order valence-electron chi connectivity index (χ2n) is 12.4. The molecule has 1 aliphatic rings. The molecule has 0 saturated carbocycles. The van der Waals surface area contributed by atoms with E-state index in [1.165, 1.54) is 12.1 Å². The summed E-state index contributed by atoms with van der Waals surface area (Å²) >= 11 is 0. The smallest absolute Gasteiger partial charge is 0.406 e. The van der Waals surface area contributed by atoms with Gasteiger partial charge in [0.05, 0.1) is 16.7 Å². The number of amides is 3. The molecule has 3 heterocycles. The molecular formula is C36H35F3N6O3. The third-order valence-corrected chi connectivity index (χ3v) is 9.25. The highest BCUT2D eigenvalue weighted by molar-refractivity contribution is 6.24. The number of nitrogens with zero attached hydrogens (tertiary/aromatic N) is 5. The molecule has 5 aromatic rings. The molecule has 9 nitrogen and oxygen atoms in total. The first-order valence-electron chi connectivity index (χ1n) is 15.4. The third kappa shape index (κ3) is 5.61. The van der Waals surface area contributed by atoms with E-state index < -0.39 is 41.4 Å². The zero-order valence-corrected chi connectivity index (χ0v) is 27.3. The number of rotatable bonds is 8. The Hall–Kier alpha value is -5.39. The molecule has 0 aliphatic carbocycles. The van der Waals surface area contributed by atoms with E-state index >= 15 is 0 Å². The van der Waals surface area contributed by atoms with Gasteiger partial charge in [-0.2, -0.15) is 0 Å². The van der Waals surface area contributed by atoms with E-state index in [1.807, 2.05) is 100 Å². The Morgan fingerprint density at radius 1 is 0.750 bits per heavy atom. The monoisotopic (exact) mass is 656 g/mol. The van der Waals surface area contributed by atoms with E-state index in [2.05, 4.69) is 20.0 Å². The molecule has 1 saturated heterocycles. The van der Waals surface area contributed by atoms with Gasteiger partial charge in [0.25, 0.3) is 5.91 Å². The van der Waals surface area contributed by atoms with Crippen molar-refractivity contribution in [2.75, 3.05) is 42.9 Å². The minimum atomic E-state index is -4.89. The highest BCUT2D eigenvalue weighted by atomic mass is 19.4. The van der Waals surface area contributed by atoms with Crippen LogP contribution in [0.2, 0.25) is 0 Å². The Kier molecular flexibility index (Phi) is 8.14. The van der Waals surface area contributed by atoms with Crippen LogP contribution in [0.15, 0.2) is 85.2 Å². The van der Waals surface area contributed by atoms with Crippen molar-refractivity contribution in [1.82, 2.24) is 15.3 Å². The summed E-state index contributed by atoms with van der Waals surface area (Å²) in [6.45, 7) is 3.81. The Balaban J connectivity index is 1.54. The summed E-state index contributed by atoms with van der Waals surface area (Å²) in [7, 11) is 7.74. The van der Waals surface area contributed by atoms with Crippen LogP contribution in [0, 0.1) is 0 Å². The summed E-state index contributed by atoms with van der Waals surface area (Å²) in [4.78, 5) is 43.0. The zero-order chi connectivity index (χ0) is 34.5. The number of alkyl halides is 3. The van der Waals surface area contributed by atoms with Crippen LogP contribution in [0.1, 0.15) is 36.8 Å². The number of nitrogens with one attached hydrogen (secondary N) is 1. The number of hydrogen-bond acceptors (Lipinski definition) is 7. The van der Waals surface area contributed by atoms with Crippen molar-refractivity contribution in [2.24, 2.45) is 0 Å². The molecule has 0 bridgehead atoms. The van der Waals surface area contributed by atoms with Gasteiger partial charge in [-0.05, 0) is 83.9 Å². The molecule has 1 aliphatic heterocycles. The molecule has 1 fully saturated rings. The van der Waals surface area contributed by atoms with Crippen LogP contribution < -0.4 is 24.8 Å². The van der Waals surface area contributed by atoms with E-state index in [9.17, 15) is 22.8 Å². The molecule has 48 heavy (non-hydrogen) atoms. The topological polar surface area (TPSA) is 90.9 Å². The van der Waals surface area contributed by atoms with Crippen molar-refractivity contribution in [1.29, 1.82) is 0 Å². The van der Waals surface area contributed by atoms with Crippen LogP contribution in [-0.2, 0) is 4.79 Å². The zero-order valence-electron chi connectivity index (χ0n) is 27.3. The first kappa shape index (κ1) is 32.5. The minimum Gasteiger partial charge on any atom is -0.406 e. The summed E-state index contributed by atoms with van der Waals surface area (Å²) in [5.41, 5.74) is 3.50. The number of benzene rings is 3. The Labute approximate surface area is 275 Å².